The van der Waals surface area contributed by atoms with E-state index in [1.165, 1.54) is 0 Å². The number of para-hydroxylation sites is 1. The first-order valence-electron chi connectivity index (χ1n) is 8.20. The lowest BCUT2D eigenvalue weighted by Crippen LogP contribution is -2.30. The SMILES string of the molecule is CN(Cc1ccncn1)CC1CNNC1c1cc2ccccc2o1. The number of benzene rings is 1. The minimum absolute atomic E-state index is 0.172. The number of nitrogens with one attached hydrogen (secondary N) is 2. The van der Waals surface area contributed by atoms with Crippen molar-refractivity contribution in [1.82, 2.24) is 25.7 Å². The molecule has 0 amide bonds. The van der Waals surface area contributed by atoms with Crippen molar-refractivity contribution in [3.63, 3.8) is 0 Å². The van der Waals surface area contributed by atoms with E-state index in [0.717, 1.165) is 42.1 Å². The Balaban J connectivity index is 1.46. The van der Waals surface area contributed by atoms with Crippen molar-refractivity contribution >= 4 is 11.0 Å². The molecule has 1 aromatic carbocycles. The molecule has 0 spiro atoms. The van der Waals surface area contributed by atoms with Gasteiger partial charge < -0.3 is 9.32 Å². The van der Waals surface area contributed by atoms with E-state index in [4.69, 9.17) is 4.42 Å². The number of hydrogen-bond acceptors (Lipinski definition) is 6. The van der Waals surface area contributed by atoms with Crippen molar-refractivity contribution in [2.45, 2.75) is 12.6 Å². The fourth-order valence-corrected chi connectivity index (χ4v) is 3.32. The number of furan rings is 1. The predicted octanol–water partition coefficient (Wildman–Crippen LogP) is 2.12. The number of aromatic nitrogens is 2. The van der Waals surface area contributed by atoms with E-state index in [9.17, 15) is 0 Å². The zero-order chi connectivity index (χ0) is 16.4. The maximum absolute atomic E-state index is 6.04. The quantitative estimate of drug-likeness (QED) is 0.750. The smallest absolute Gasteiger partial charge is 0.134 e. The van der Waals surface area contributed by atoms with Crippen LogP contribution in [0.2, 0.25) is 0 Å². The maximum atomic E-state index is 6.04. The molecule has 2 unspecified atom stereocenters. The lowest BCUT2D eigenvalue weighted by Gasteiger charge is -2.23. The van der Waals surface area contributed by atoms with Crippen LogP contribution < -0.4 is 10.9 Å². The highest BCUT2D eigenvalue weighted by Crippen LogP contribution is 2.30. The monoisotopic (exact) mass is 323 g/mol. The van der Waals surface area contributed by atoms with E-state index in [1.807, 2.05) is 24.3 Å². The topological polar surface area (TPSA) is 66.2 Å². The van der Waals surface area contributed by atoms with Crippen LogP contribution in [0.5, 0.6) is 0 Å². The minimum Gasteiger partial charge on any atom is -0.459 e. The second-order valence-corrected chi connectivity index (χ2v) is 6.35. The lowest BCUT2D eigenvalue weighted by molar-refractivity contribution is 0.250. The highest BCUT2D eigenvalue weighted by atomic mass is 16.3. The van der Waals surface area contributed by atoms with Gasteiger partial charge >= 0.3 is 0 Å². The molecule has 1 fully saturated rings. The van der Waals surface area contributed by atoms with Gasteiger partial charge in [-0.15, -0.1) is 0 Å². The van der Waals surface area contributed by atoms with Gasteiger partial charge in [-0.25, -0.2) is 15.4 Å². The predicted molar refractivity (Wildman–Crippen MR) is 91.9 cm³/mol. The van der Waals surface area contributed by atoms with Crippen LogP contribution in [-0.2, 0) is 6.54 Å². The fourth-order valence-electron chi connectivity index (χ4n) is 3.32. The van der Waals surface area contributed by atoms with Crippen LogP contribution in [0.4, 0.5) is 0 Å². The van der Waals surface area contributed by atoms with Crippen molar-refractivity contribution in [2.24, 2.45) is 5.92 Å². The normalized spacial score (nSPS) is 20.9. The van der Waals surface area contributed by atoms with Gasteiger partial charge in [-0.1, -0.05) is 18.2 Å². The summed E-state index contributed by atoms with van der Waals surface area (Å²) in [7, 11) is 2.12. The van der Waals surface area contributed by atoms with E-state index < -0.39 is 0 Å². The molecule has 0 saturated carbocycles. The van der Waals surface area contributed by atoms with E-state index in [2.05, 4.69) is 44.9 Å². The highest BCUT2D eigenvalue weighted by molar-refractivity contribution is 5.77. The Morgan fingerprint density at radius 2 is 2.21 bits per heavy atom. The van der Waals surface area contributed by atoms with E-state index in [-0.39, 0.29) is 6.04 Å². The van der Waals surface area contributed by atoms with Crippen LogP contribution in [-0.4, -0.2) is 35.0 Å². The molecule has 4 rings (SSSR count). The molecule has 0 aliphatic carbocycles. The third-order valence-corrected chi connectivity index (χ3v) is 4.47. The number of hydrogen-bond donors (Lipinski definition) is 2. The molecule has 1 aliphatic heterocycles. The van der Waals surface area contributed by atoms with Crippen LogP contribution >= 0.6 is 0 Å². The van der Waals surface area contributed by atoms with Crippen molar-refractivity contribution in [1.29, 1.82) is 0 Å². The third kappa shape index (κ3) is 3.17. The molecule has 24 heavy (non-hydrogen) atoms. The Labute approximate surface area is 140 Å². The summed E-state index contributed by atoms with van der Waals surface area (Å²) < 4.78 is 6.04. The molecule has 1 aliphatic rings. The van der Waals surface area contributed by atoms with Gasteiger partial charge in [0.05, 0.1) is 11.7 Å². The van der Waals surface area contributed by atoms with Crippen molar-refractivity contribution in [2.75, 3.05) is 20.1 Å². The molecule has 0 radical (unpaired) electrons. The van der Waals surface area contributed by atoms with Crippen LogP contribution in [0, 0.1) is 5.92 Å². The van der Waals surface area contributed by atoms with Gasteiger partial charge in [-0.3, -0.25) is 5.43 Å². The zero-order valence-electron chi connectivity index (χ0n) is 13.6. The number of fused-ring (bicyclic) bond motifs is 1. The molecular formula is C18H21N5O. The summed E-state index contributed by atoms with van der Waals surface area (Å²) >= 11 is 0. The van der Waals surface area contributed by atoms with E-state index in [1.54, 1.807) is 12.5 Å². The zero-order valence-corrected chi connectivity index (χ0v) is 13.6. The molecule has 2 aromatic heterocycles. The summed E-state index contributed by atoms with van der Waals surface area (Å²) in [5.41, 5.74) is 8.60. The van der Waals surface area contributed by atoms with Crippen LogP contribution in [0.3, 0.4) is 0 Å². The molecule has 3 heterocycles. The summed E-state index contributed by atoms with van der Waals surface area (Å²) in [4.78, 5) is 10.6. The molecule has 124 valence electrons. The van der Waals surface area contributed by atoms with Gasteiger partial charge in [0, 0.05) is 37.1 Å². The standard InChI is InChI=1S/C18H21N5O/c1-23(11-15-6-7-19-12-20-15)10-14-9-21-22-18(14)17-8-13-4-2-3-5-16(13)24-17/h2-8,12,14,18,21-22H,9-11H2,1H3. The van der Waals surface area contributed by atoms with Crippen LogP contribution in [0.15, 0.2) is 53.3 Å². The van der Waals surface area contributed by atoms with Gasteiger partial charge in [0.2, 0.25) is 0 Å². The largest absolute Gasteiger partial charge is 0.459 e. The summed E-state index contributed by atoms with van der Waals surface area (Å²) in [5, 5.41) is 1.15. The van der Waals surface area contributed by atoms with Crippen molar-refractivity contribution in [3.8, 4) is 0 Å². The first-order chi connectivity index (χ1) is 11.8. The van der Waals surface area contributed by atoms with Gasteiger partial charge in [-0.05, 0) is 25.2 Å². The Bertz CT molecular complexity index is 770. The van der Waals surface area contributed by atoms with Crippen LogP contribution in [0.1, 0.15) is 17.5 Å². The van der Waals surface area contributed by atoms with E-state index in [0.29, 0.717) is 5.92 Å². The van der Waals surface area contributed by atoms with Crippen molar-refractivity contribution in [3.05, 3.63) is 60.4 Å². The average molecular weight is 323 g/mol. The molecule has 3 aromatic rings. The molecule has 2 N–H and O–H groups in total. The fraction of sp³-hybridized carbons (Fsp3) is 0.333. The van der Waals surface area contributed by atoms with Gasteiger partial charge in [0.1, 0.15) is 17.7 Å². The van der Waals surface area contributed by atoms with Crippen LogP contribution in [0.25, 0.3) is 11.0 Å². The summed E-state index contributed by atoms with van der Waals surface area (Å²) in [6.07, 6.45) is 3.38. The van der Waals surface area contributed by atoms with Gasteiger partial charge in [-0.2, -0.15) is 0 Å². The number of hydrazine groups is 1. The second-order valence-electron chi connectivity index (χ2n) is 6.35. The number of nitrogens with zero attached hydrogens (tertiary/aromatic N) is 3. The summed E-state index contributed by atoms with van der Waals surface area (Å²) in [5.74, 6) is 1.42. The highest BCUT2D eigenvalue weighted by Gasteiger charge is 2.31. The molecule has 1 saturated heterocycles. The lowest BCUT2D eigenvalue weighted by atomic mass is 9.99. The molecule has 2 atom stereocenters. The average Bonchev–Trinajstić information content (AvgIpc) is 3.21. The van der Waals surface area contributed by atoms with Gasteiger partial charge in [0.15, 0.2) is 0 Å². The Hall–Kier alpha value is -2.28. The molecule has 0 bridgehead atoms. The first-order valence-corrected chi connectivity index (χ1v) is 8.20. The molecule has 6 nitrogen and oxygen atoms in total. The Morgan fingerprint density at radius 1 is 1.29 bits per heavy atom. The van der Waals surface area contributed by atoms with Crippen molar-refractivity contribution < 1.29 is 4.42 Å². The first kappa shape index (κ1) is 15.3. The third-order valence-electron chi connectivity index (χ3n) is 4.47. The maximum Gasteiger partial charge on any atom is 0.134 e. The second kappa shape index (κ2) is 6.68. The molecular weight excluding hydrogens is 302 g/mol. The summed E-state index contributed by atoms with van der Waals surface area (Å²) in [6.45, 7) is 2.67. The minimum atomic E-state index is 0.172. The van der Waals surface area contributed by atoms with Gasteiger partial charge in [0.25, 0.3) is 0 Å². The van der Waals surface area contributed by atoms with E-state index >= 15 is 0 Å². The number of rotatable bonds is 5. The Kier molecular flexibility index (Phi) is 4.25. The Morgan fingerprint density at radius 3 is 3.04 bits per heavy atom. The molecule has 6 heteroatoms. The summed E-state index contributed by atoms with van der Waals surface area (Å²) in [6, 6.07) is 12.4.